The van der Waals surface area contributed by atoms with Crippen LogP contribution < -0.4 is 0 Å². The zero-order valence-electron chi connectivity index (χ0n) is 16.6. The van der Waals surface area contributed by atoms with Gasteiger partial charge in [0, 0.05) is 17.6 Å². The Labute approximate surface area is 170 Å². The number of carbonyl (C=O) groups is 1. The van der Waals surface area contributed by atoms with Crippen molar-refractivity contribution in [2.75, 3.05) is 7.05 Å². The van der Waals surface area contributed by atoms with Gasteiger partial charge in [-0.2, -0.15) is 0 Å². The Bertz CT molecular complexity index is 941. The molecule has 1 aromatic heterocycles. The van der Waals surface area contributed by atoms with Gasteiger partial charge >= 0.3 is 0 Å². The van der Waals surface area contributed by atoms with Gasteiger partial charge in [-0.1, -0.05) is 56.6 Å². The number of likely N-dealkylation sites (N-methyl/N-ethyl adjacent to an activating group) is 1. The number of carbonyl (C=O) groups excluding carboxylic acids is 1. The van der Waals surface area contributed by atoms with Gasteiger partial charge in [-0.25, -0.2) is 0 Å². The Morgan fingerprint density at radius 2 is 1.68 bits per heavy atom. The topological polar surface area (TPSA) is 59.2 Å². The van der Waals surface area contributed by atoms with Crippen LogP contribution in [0.4, 0.5) is 0 Å². The van der Waals surface area contributed by atoms with E-state index in [2.05, 4.69) is 43.1 Å². The first-order valence-electron chi connectivity index (χ1n) is 9.14. The molecular weight excluding hydrogens is 374 g/mol. The fraction of sp³-hybridized carbons (Fsp3) is 0.318. The number of rotatable bonds is 5. The predicted molar refractivity (Wildman–Crippen MR) is 110 cm³/mol. The summed E-state index contributed by atoms with van der Waals surface area (Å²) in [6.45, 7) is 6.77. The van der Waals surface area contributed by atoms with Crippen LogP contribution in [0.5, 0.6) is 0 Å². The smallest absolute Gasteiger partial charge is 0.247 e. The molecule has 0 N–H and O–H groups in total. The van der Waals surface area contributed by atoms with Gasteiger partial charge in [0.05, 0.1) is 13.0 Å². The standard InChI is InChI=1S/C22H24ClN3O2/c1-22(2,3)17-9-7-16(8-10-17)21-25-24-19(28-21)14-26(4)20(27)13-15-5-11-18(23)12-6-15/h5-12H,13-14H2,1-4H3. The zero-order chi connectivity index (χ0) is 20.3. The van der Waals surface area contributed by atoms with Crippen molar-refractivity contribution >= 4 is 17.5 Å². The van der Waals surface area contributed by atoms with Gasteiger partial charge in [-0.05, 0) is 40.8 Å². The highest BCUT2D eigenvalue weighted by molar-refractivity contribution is 6.30. The summed E-state index contributed by atoms with van der Waals surface area (Å²) in [4.78, 5) is 14.0. The maximum atomic E-state index is 12.4. The Morgan fingerprint density at radius 1 is 1.04 bits per heavy atom. The predicted octanol–water partition coefficient (Wildman–Crippen LogP) is 4.89. The van der Waals surface area contributed by atoms with E-state index in [1.165, 1.54) is 5.56 Å². The third kappa shape index (κ3) is 4.98. The number of benzene rings is 2. The molecule has 0 saturated heterocycles. The number of hydrogen-bond acceptors (Lipinski definition) is 4. The van der Waals surface area contributed by atoms with Crippen LogP contribution in [0.25, 0.3) is 11.5 Å². The second-order valence-corrected chi connectivity index (χ2v) is 8.32. The molecule has 0 fully saturated rings. The summed E-state index contributed by atoms with van der Waals surface area (Å²) in [5, 5.41) is 8.84. The average molecular weight is 398 g/mol. The quantitative estimate of drug-likeness (QED) is 0.615. The van der Waals surface area contributed by atoms with Crippen LogP contribution in [0.1, 0.15) is 37.8 Å². The van der Waals surface area contributed by atoms with E-state index < -0.39 is 0 Å². The average Bonchev–Trinajstić information content (AvgIpc) is 3.11. The largest absolute Gasteiger partial charge is 0.419 e. The third-order valence-electron chi connectivity index (χ3n) is 4.53. The summed E-state index contributed by atoms with van der Waals surface area (Å²) in [5.41, 5.74) is 3.10. The molecule has 3 aromatic rings. The normalized spacial score (nSPS) is 11.5. The summed E-state index contributed by atoms with van der Waals surface area (Å²) in [6, 6.07) is 15.3. The molecule has 0 atom stereocenters. The Balaban J connectivity index is 1.63. The van der Waals surface area contributed by atoms with Gasteiger partial charge in [-0.3, -0.25) is 4.79 Å². The first-order chi connectivity index (χ1) is 13.2. The number of hydrogen-bond donors (Lipinski definition) is 0. The Kier molecular flexibility index (Phi) is 5.84. The van der Waals surface area contributed by atoms with E-state index in [-0.39, 0.29) is 17.9 Å². The lowest BCUT2D eigenvalue weighted by atomic mass is 9.87. The van der Waals surface area contributed by atoms with Gasteiger partial charge in [0.1, 0.15) is 0 Å². The van der Waals surface area contributed by atoms with Crippen molar-refractivity contribution in [2.45, 2.75) is 39.2 Å². The van der Waals surface area contributed by atoms with Gasteiger partial charge in [-0.15, -0.1) is 10.2 Å². The van der Waals surface area contributed by atoms with E-state index in [1.807, 2.05) is 24.3 Å². The first kappa shape index (κ1) is 20.1. The molecule has 0 radical (unpaired) electrons. The maximum absolute atomic E-state index is 12.4. The van der Waals surface area contributed by atoms with Gasteiger partial charge in [0.2, 0.25) is 17.7 Å². The van der Waals surface area contributed by atoms with Crippen molar-refractivity contribution in [3.8, 4) is 11.5 Å². The molecule has 0 aliphatic carbocycles. The van der Waals surface area contributed by atoms with Crippen LogP contribution >= 0.6 is 11.6 Å². The van der Waals surface area contributed by atoms with Crippen LogP contribution in [-0.4, -0.2) is 28.1 Å². The molecule has 0 aliphatic heterocycles. The first-order valence-corrected chi connectivity index (χ1v) is 9.52. The SMILES string of the molecule is CN(Cc1nnc(-c2ccc(C(C)(C)C)cc2)o1)C(=O)Cc1ccc(Cl)cc1. The van der Waals surface area contributed by atoms with Crippen LogP contribution in [0.2, 0.25) is 5.02 Å². The lowest BCUT2D eigenvalue weighted by molar-refractivity contribution is -0.130. The molecule has 3 rings (SSSR count). The van der Waals surface area contributed by atoms with Gasteiger partial charge in [0.15, 0.2) is 0 Å². The second-order valence-electron chi connectivity index (χ2n) is 7.88. The third-order valence-corrected chi connectivity index (χ3v) is 4.78. The van der Waals surface area contributed by atoms with Gasteiger partial charge < -0.3 is 9.32 Å². The Morgan fingerprint density at radius 3 is 2.29 bits per heavy atom. The van der Waals surface area contributed by atoms with Crippen molar-refractivity contribution in [2.24, 2.45) is 0 Å². The number of amides is 1. The lowest BCUT2D eigenvalue weighted by Gasteiger charge is -2.18. The maximum Gasteiger partial charge on any atom is 0.247 e. The minimum absolute atomic E-state index is 0.0309. The lowest BCUT2D eigenvalue weighted by Crippen LogP contribution is -2.27. The summed E-state index contributed by atoms with van der Waals surface area (Å²) in [5.74, 6) is 0.826. The van der Waals surface area contributed by atoms with E-state index in [0.29, 0.717) is 23.2 Å². The van der Waals surface area contributed by atoms with Crippen LogP contribution in [-0.2, 0) is 23.2 Å². The summed E-state index contributed by atoms with van der Waals surface area (Å²) in [6.07, 6.45) is 0.295. The molecule has 0 bridgehead atoms. The summed E-state index contributed by atoms with van der Waals surface area (Å²) >= 11 is 5.88. The molecule has 28 heavy (non-hydrogen) atoms. The van der Waals surface area contributed by atoms with E-state index in [4.69, 9.17) is 16.0 Å². The fourth-order valence-corrected chi connectivity index (χ4v) is 2.88. The highest BCUT2D eigenvalue weighted by Gasteiger charge is 2.17. The monoisotopic (exact) mass is 397 g/mol. The van der Waals surface area contributed by atoms with Crippen molar-refractivity contribution < 1.29 is 9.21 Å². The number of halogens is 1. The molecule has 0 saturated carbocycles. The minimum atomic E-state index is -0.0309. The van der Waals surface area contributed by atoms with E-state index in [9.17, 15) is 4.79 Å². The molecule has 2 aromatic carbocycles. The molecular formula is C22H24ClN3O2. The Hall–Kier alpha value is -2.66. The molecule has 6 heteroatoms. The highest BCUT2D eigenvalue weighted by atomic mass is 35.5. The molecule has 0 spiro atoms. The minimum Gasteiger partial charge on any atom is -0.419 e. The van der Waals surface area contributed by atoms with Crippen LogP contribution in [0.3, 0.4) is 0 Å². The molecule has 5 nitrogen and oxygen atoms in total. The van der Waals surface area contributed by atoms with E-state index >= 15 is 0 Å². The second kappa shape index (κ2) is 8.15. The van der Waals surface area contributed by atoms with E-state index in [0.717, 1.165) is 11.1 Å². The molecule has 146 valence electrons. The number of aromatic nitrogens is 2. The van der Waals surface area contributed by atoms with Crippen LogP contribution in [0, 0.1) is 0 Å². The molecule has 1 amide bonds. The van der Waals surface area contributed by atoms with Crippen molar-refractivity contribution in [3.63, 3.8) is 0 Å². The molecule has 1 heterocycles. The summed E-state index contributed by atoms with van der Waals surface area (Å²) < 4.78 is 5.75. The zero-order valence-corrected chi connectivity index (χ0v) is 17.3. The van der Waals surface area contributed by atoms with Crippen molar-refractivity contribution in [3.05, 3.63) is 70.6 Å². The van der Waals surface area contributed by atoms with Gasteiger partial charge in [0.25, 0.3) is 0 Å². The van der Waals surface area contributed by atoms with Crippen LogP contribution in [0.15, 0.2) is 52.9 Å². The van der Waals surface area contributed by atoms with E-state index in [1.54, 1.807) is 24.1 Å². The molecule has 0 unspecified atom stereocenters. The van der Waals surface area contributed by atoms with Crippen molar-refractivity contribution in [1.29, 1.82) is 0 Å². The number of nitrogens with zero attached hydrogens (tertiary/aromatic N) is 3. The molecule has 0 aliphatic rings. The fourth-order valence-electron chi connectivity index (χ4n) is 2.75. The summed E-state index contributed by atoms with van der Waals surface area (Å²) in [7, 11) is 1.72. The highest BCUT2D eigenvalue weighted by Crippen LogP contribution is 2.25. The van der Waals surface area contributed by atoms with Crippen molar-refractivity contribution in [1.82, 2.24) is 15.1 Å².